The van der Waals surface area contributed by atoms with Gasteiger partial charge < -0.3 is 9.67 Å². The number of pyridine rings is 1. The Morgan fingerprint density at radius 1 is 1.61 bits per heavy atom. The maximum absolute atomic E-state index is 11.2. The number of carbonyl (C=O) groups is 1. The molecule has 2 aromatic rings. The van der Waals surface area contributed by atoms with Gasteiger partial charge in [0.25, 0.3) is 0 Å². The summed E-state index contributed by atoms with van der Waals surface area (Å²) in [5.41, 5.74) is 3.42. The zero-order chi connectivity index (χ0) is 12.7. The van der Waals surface area contributed by atoms with E-state index < -0.39 is 5.97 Å². The maximum atomic E-state index is 11.2. The highest BCUT2D eigenvalue weighted by molar-refractivity contribution is 7.99. The van der Waals surface area contributed by atoms with Crippen LogP contribution >= 0.6 is 11.8 Å². The summed E-state index contributed by atoms with van der Waals surface area (Å²) in [4.78, 5) is 15.3. The molecule has 0 amide bonds. The first-order valence-electron chi connectivity index (χ1n) is 5.64. The molecule has 1 aliphatic rings. The molecular weight excluding hydrogens is 248 g/mol. The van der Waals surface area contributed by atoms with E-state index in [0.29, 0.717) is 5.56 Å². The molecule has 3 rings (SSSR count). The van der Waals surface area contributed by atoms with Gasteiger partial charge in [-0.15, -0.1) is 11.8 Å². The lowest BCUT2D eigenvalue weighted by atomic mass is 10.2. The molecule has 0 saturated carbocycles. The Kier molecular flexibility index (Phi) is 2.63. The fourth-order valence-electron chi connectivity index (χ4n) is 2.36. The van der Waals surface area contributed by atoms with Crippen molar-refractivity contribution in [2.24, 2.45) is 0 Å². The lowest BCUT2D eigenvalue weighted by Gasteiger charge is -2.14. The van der Waals surface area contributed by atoms with Gasteiger partial charge in [-0.1, -0.05) is 6.07 Å². The molecule has 1 atom stereocenters. The molecule has 1 aliphatic heterocycles. The molecule has 1 unspecified atom stereocenters. The van der Waals surface area contributed by atoms with Gasteiger partial charge in [0, 0.05) is 35.1 Å². The summed E-state index contributed by atoms with van der Waals surface area (Å²) in [5, 5.41) is 9.32. The lowest BCUT2D eigenvalue weighted by molar-refractivity contribution is 0.0696. The van der Waals surface area contributed by atoms with Crippen LogP contribution in [-0.4, -0.2) is 20.6 Å². The molecule has 2 aromatic heterocycles. The predicted molar refractivity (Wildman–Crippen MR) is 69.8 cm³/mol. The third-order valence-electron chi connectivity index (χ3n) is 3.15. The van der Waals surface area contributed by atoms with E-state index in [4.69, 9.17) is 0 Å². The number of rotatable bonds is 2. The fraction of sp³-hybridized carbons (Fsp3) is 0.231. The Hall–Kier alpha value is -1.75. The number of carboxylic acids is 1. The average Bonchev–Trinajstić information content (AvgIpc) is 2.92. The van der Waals surface area contributed by atoms with Crippen molar-refractivity contribution in [1.82, 2.24) is 9.55 Å². The SMILES string of the molecule is Cc1cc(C(=O)O)c2n1C(c1cccnc1)SC2. The van der Waals surface area contributed by atoms with Crippen LogP contribution in [0.25, 0.3) is 0 Å². The van der Waals surface area contributed by atoms with Crippen molar-refractivity contribution in [2.45, 2.75) is 18.1 Å². The molecule has 18 heavy (non-hydrogen) atoms. The molecular formula is C13H12N2O2S. The molecule has 0 fully saturated rings. The van der Waals surface area contributed by atoms with Gasteiger partial charge in [-0.05, 0) is 19.1 Å². The standard InChI is InChI=1S/C13H12N2O2S/c1-8-5-10(13(16)17)11-7-18-12(15(8)11)9-3-2-4-14-6-9/h2-6,12H,7H2,1H3,(H,16,17). The van der Waals surface area contributed by atoms with Crippen LogP contribution in [0.4, 0.5) is 0 Å². The van der Waals surface area contributed by atoms with Crippen molar-refractivity contribution in [3.05, 3.63) is 53.1 Å². The summed E-state index contributed by atoms with van der Waals surface area (Å²) in [7, 11) is 0. The molecule has 0 aromatic carbocycles. The second-order valence-corrected chi connectivity index (χ2v) is 5.34. The number of nitrogens with zero attached hydrogens (tertiary/aromatic N) is 2. The van der Waals surface area contributed by atoms with E-state index in [1.807, 2.05) is 25.3 Å². The number of aryl methyl sites for hydroxylation is 1. The van der Waals surface area contributed by atoms with Crippen molar-refractivity contribution < 1.29 is 9.90 Å². The van der Waals surface area contributed by atoms with E-state index in [1.165, 1.54) is 0 Å². The van der Waals surface area contributed by atoms with Gasteiger partial charge in [0.15, 0.2) is 0 Å². The van der Waals surface area contributed by atoms with E-state index in [0.717, 1.165) is 22.7 Å². The van der Waals surface area contributed by atoms with E-state index in [2.05, 4.69) is 9.55 Å². The van der Waals surface area contributed by atoms with Crippen molar-refractivity contribution in [2.75, 3.05) is 0 Å². The quantitative estimate of drug-likeness (QED) is 0.902. The average molecular weight is 260 g/mol. The summed E-state index contributed by atoms with van der Waals surface area (Å²) in [6, 6.07) is 5.69. The highest BCUT2D eigenvalue weighted by Crippen LogP contribution is 2.43. The zero-order valence-corrected chi connectivity index (χ0v) is 10.6. The van der Waals surface area contributed by atoms with Crippen LogP contribution in [0.3, 0.4) is 0 Å². The minimum absolute atomic E-state index is 0.141. The van der Waals surface area contributed by atoms with Gasteiger partial charge in [-0.2, -0.15) is 0 Å². The molecule has 3 heterocycles. The Morgan fingerprint density at radius 2 is 2.44 bits per heavy atom. The maximum Gasteiger partial charge on any atom is 0.337 e. The van der Waals surface area contributed by atoms with Crippen molar-refractivity contribution in [3.63, 3.8) is 0 Å². The van der Waals surface area contributed by atoms with Gasteiger partial charge in [0.2, 0.25) is 0 Å². The molecule has 0 saturated heterocycles. The zero-order valence-electron chi connectivity index (χ0n) is 9.83. The minimum atomic E-state index is -0.848. The monoisotopic (exact) mass is 260 g/mol. The second kappa shape index (κ2) is 4.17. The third-order valence-corrected chi connectivity index (χ3v) is 4.39. The van der Waals surface area contributed by atoms with Crippen LogP contribution in [0.5, 0.6) is 0 Å². The van der Waals surface area contributed by atoms with Gasteiger partial charge in [-0.25, -0.2) is 4.79 Å². The number of hydrogen-bond donors (Lipinski definition) is 1. The molecule has 1 N–H and O–H groups in total. The van der Waals surface area contributed by atoms with Crippen LogP contribution < -0.4 is 0 Å². The number of fused-ring (bicyclic) bond motifs is 1. The molecule has 4 nitrogen and oxygen atoms in total. The topological polar surface area (TPSA) is 55.1 Å². The summed E-state index contributed by atoms with van der Waals surface area (Å²) < 4.78 is 2.10. The number of carboxylic acid groups (broad SMARTS) is 1. The van der Waals surface area contributed by atoms with Gasteiger partial charge in [0.1, 0.15) is 5.37 Å². The Labute approximate surface area is 109 Å². The smallest absolute Gasteiger partial charge is 0.337 e. The van der Waals surface area contributed by atoms with Crippen LogP contribution in [0.1, 0.15) is 32.7 Å². The number of hydrogen-bond acceptors (Lipinski definition) is 3. The molecule has 0 bridgehead atoms. The highest BCUT2D eigenvalue weighted by Gasteiger charge is 2.30. The normalized spacial score (nSPS) is 17.7. The Morgan fingerprint density at radius 3 is 3.11 bits per heavy atom. The van der Waals surface area contributed by atoms with Gasteiger partial charge in [0.05, 0.1) is 5.56 Å². The Balaban J connectivity index is 2.10. The van der Waals surface area contributed by atoms with Crippen LogP contribution in [0, 0.1) is 6.92 Å². The minimum Gasteiger partial charge on any atom is -0.478 e. The van der Waals surface area contributed by atoms with E-state index >= 15 is 0 Å². The summed E-state index contributed by atoms with van der Waals surface area (Å²) in [6.45, 7) is 1.95. The molecule has 0 radical (unpaired) electrons. The number of aromatic nitrogens is 2. The molecule has 92 valence electrons. The van der Waals surface area contributed by atoms with Crippen molar-refractivity contribution >= 4 is 17.7 Å². The summed E-state index contributed by atoms with van der Waals surface area (Å²) in [6.07, 6.45) is 3.59. The van der Waals surface area contributed by atoms with E-state index in [1.54, 1.807) is 24.0 Å². The largest absolute Gasteiger partial charge is 0.478 e. The van der Waals surface area contributed by atoms with Gasteiger partial charge in [-0.3, -0.25) is 4.98 Å². The number of aromatic carboxylic acids is 1. The first-order valence-corrected chi connectivity index (χ1v) is 6.69. The Bertz CT molecular complexity index is 607. The first-order chi connectivity index (χ1) is 8.68. The summed E-state index contributed by atoms with van der Waals surface area (Å²) >= 11 is 1.74. The van der Waals surface area contributed by atoms with Crippen molar-refractivity contribution in [1.29, 1.82) is 0 Å². The highest BCUT2D eigenvalue weighted by atomic mass is 32.2. The lowest BCUT2D eigenvalue weighted by Crippen LogP contribution is -2.06. The molecule has 5 heteroatoms. The van der Waals surface area contributed by atoms with Crippen LogP contribution in [-0.2, 0) is 5.75 Å². The van der Waals surface area contributed by atoms with Crippen LogP contribution in [0.15, 0.2) is 30.6 Å². The molecule has 0 spiro atoms. The van der Waals surface area contributed by atoms with Crippen LogP contribution in [0.2, 0.25) is 0 Å². The van der Waals surface area contributed by atoms with Crippen molar-refractivity contribution in [3.8, 4) is 0 Å². The first kappa shape index (κ1) is 11.3. The molecule has 0 aliphatic carbocycles. The summed E-state index contributed by atoms with van der Waals surface area (Å²) in [5.74, 6) is -0.117. The van der Waals surface area contributed by atoms with Gasteiger partial charge >= 0.3 is 5.97 Å². The second-order valence-electron chi connectivity index (χ2n) is 4.27. The number of thioether (sulfide) groups is 1. The third kappa shape index (κ3) is 1.62. The van der Waals surface area contributed by atoms with E-state index in [9.17, 15) is 9.90 Å². The van der Waals surface area contributed by atoms with E-state index in [-0.39, 0.29) is 5.37 Å². The fourth-order valence-corrected chi connectivity index (χ4v) is 3.75. The predicted octanol–water partition coefficient (Wildman–Crippen LogP) is 2.68.